The van der Waals surface area contributed by atoms with Gasteiger partial charge in [-0.15, -0.1) is 0 Å². The van der Waals surface area contributed by atoms with Crippen molar-refractivity contribution >= 4 is 0 Å². The SMILES string of the molecule is COCc1cccc(Oc2nccnc2C#N)c1. The molecule has 18 heavy (non-hydrogen) atoms. The first-order valence-electron chi connectivity index (χ1n) is 5.30. The number of nitrogens with zero attached hydrogens (tertiary/aromatic N) is 3. The van der Waals surface area contributed by atoms with Gasteiger partial charge in [0.15, 0.2) is 0 Å². The summed E-state index contributed by atoms with van der Waals surface area (Å²) in [5, 5.41) is 8.88. The molecule has 0 aliphatic rings. The van der Waals surface area contributed by atoms with Crippen molar-refractivity contribution in [3.63, 3.8) is 0 Å². The number of aromatic nitrogens is 2. The fourth-order valence-corrected chi connectivity index (χ4v) is 1.45. The van der Waals surface area contributed by atoms with Crippen LogP contribution in [-0.4, -0.2) is 17.1 Å². The minimum atomic E-state index is 0.162. The molecule has 1 aromatic carbocycles. The van der Waals surface area contributed by atoms with Crippen LogP contribution in [-0.2, 0) is 11.3 Å². The van der Waals surface area contributed by atoms with E-state index in [4.69, 9.17) is 14.7 Å². The molecule has 1 heterocycles. The van der Waals surface area contributed by atoms with Gasteiger partial charge < -0.3 is 9.47 Å². The van der Waals surface area contributed by atoms with Gasteiger partial charge in [-0.25, -0.2) is 9.97 Å². The van der Waals surface area contributed by atoms with E-state index in [9.17, 15) is 0 Å². The van der Waals surface area contributed by atoms with Gasteiger partial charge in [-0.1, -0.05) is 12.1 Å². The molecule has 5 nitrogen and oxygen atoms in total. The summed E-state index contributed by atoms with van der Waals surface area (Å²) in [5.41, 5.74) is 1.15. The molecule has 0 N–H and O–H groups in total. The Morgan fingerprint density at radius 2 is 2.11 bits per heavy atom. The van der Waals surface area contributed by atoms with E-state index in [1.165, 1.54) is 12.4 Å². The smallest absolute Gasteiger partial charge is 0.256 e. The molecule has 0 saturated carbocycles. The number of hydrogen-bond acceptors (Lipinski definition) is 5. The molecule has 0 aliphatic heterocycles. The van der Waals surface area contributed by atoms with Crippen LogP contribution in [0.15, 0.2) is 36.7 Å². The Morgan fingerprint density at radius 3 is 2.89 bits per heavy atom. The number of rotatable bonds is 4. The Balaban J connectivity index is 2.23. The van der Waals surface area contributed by atoms with Gasteiger partial charge in [-0.3, -0.25) is 0 Å². The largest absolute Gasteiger partial charge is 0.436 e. The lowest BCUT2D eigenvalue weighted by molar-refractivity contribution is 0.184. The summed E-state index contributed by atoms with van der Waals surface area (Å²) >= 11 is 0. The van der Waals surface area contributed by atoms with Gasteiger partial charge in [0.2, 0.25) is 5.69 Å². The third-order valence-electron chi connectivity index (χ3n) is 2.19. The second-order valence-corrected chi connectivity index (χ2v) is 3.50. The maximum atomic E-state index is 8.88. The fourth-order valence-electron chi connectivity index (χ4n) is 1.45. The zero-order valence-electron chi connectivity index (χ0n) is 9.83. The number of methoxy groups -OCH3 is 1. The third kappa shape index (κ3) is 2.81. The summed E-state index contributed by atoms with van der Waals surface area (Å²) in [6.07, 6.45) is 2.93. The van der Waals surface area contributed by atoms with Gasteiger partial charge >= 0.3 is 0 Å². The van der Waals surface area contributed by atoms with Crippen molar-refractivity contribution in [1.29, 1.82) is 5.26 Å². The minimum absolute atomic E-state index is 0.162. The van der Waals surface area contributed by atoms with Crippen LogP contribution < -0.4 is 4.74 Å². The van der Waals surface area contributed by atoms with Crippen molar-refractivity contribution in [2.24, 2.45) is 0 Å². The maximum absolute atomic E-state index is 8.88. The highest BCUT2D eigenvalue weighted by Crippen LogP contribution is 2.22. The van der Waals surface area contributed by atoms with E-state index >= 15 is 0 Å². The van der Waals surface area contributed by atoms with E-state index in [1.807, 2.05) is 24.3 Å². The van der Waals surface area contributed by atoms with Crippen molar-refractivity contribution in [3.8, 4) is 17.7 Å². The Labute approximate surface area is 105 Å². The highest BCUT2D eigenvalue weighted by atomic mass is 16.5. The summed E-state index contributed by atoms with van der Waals surface area (Å²) in [4.78, 5) is 7.86. The highest BCUT2D eigenvalue weighted by molar-refractivity contribution is 5.36. The van der Waals surface area contributed by atoms with Crippen LogP contribution in [0.1, 0.15) is 11.3 Å². The Hall–Kier alpha value is -2.45. The molecule has 0 amide bonds. The number of ether oxygens (including phenoxy) is 2. The van der Waals surface area contributed by atoms with Crippen molar-refractivity contribution < 1.29 is 9.47 Å². The number of nitriles is 1. The lowest BCUT2D eigenvalue weighted by Gasteiger charge is -2.06. The summed E-state index contributed by atoms with van der Waals surface area (Å²) in [6, 6.07) is 9.33. The van der Waals surface area contributed by atoms with Crippen LogP contribution in [0.2, 0.25) is 0 Å². The Morgan fingerprint density at radius 1 is 1.28 bits per heavy atom. The quantitative estimate of drug-likeness (QED) is 0.821. The van der Waals surface area contributed by atoms with Gasteiger partial charge in [0.1, 0.15) is 11.8 Å². The predicted molar refractivity (Wildman–Crippen MR) is 64.0 cm³/mol. The highest BCUT2D eigenvalue weighted by Gasteiger charge is 2.07. The van der Waals surface area contributed by atoms with Crippen LogP contribution >= 0.6 is 0 Å². The van der Waals surface area contributed by atoms with Crippen LogP contribution in [0.4, 0.5) is 0 Å². The predicted octanol–water partition coefficient (Wildman–Crippen LogP) is 2.29. The normalized spacial score (nSPS) is 9.78. The van der Waals surface area contributed by atoms with Crippen molar-refractivity contribution in [2.45, 2.75) is 6.61 Å². The zero-order chi connectivity index (χ0) is 12.8. The van der Waals surface area contributed by atoms with Gasteiger partial charge in [0.05, 0.1) is 6.61 Å². The monoisotopic (exact) mass is 241 g/mol. The average molecular weight is 241 g/mol. The number of hydrogen-bond donors (Lipinski definition) is 0. The van der Waals surface area contributed by atoms with Crippen LogP contribution in [0, 0.1) is 11.3 Å². The molecular formula is C13H11N3O2. The first kappa shape index (κ1) is 12.0. The molecule has 2 rings (SSSR count). The van der Waals surface area contributed by atoms with E-state index < -0.39 is 0 Å². The molecule has 0 fully saturated rings. The van der Waals surface area contributed by atoms with Gasteiger partial charge in [-0.05, 0) is 17.7 Å². The van der Waals surface area contributed by atoms with Gasteiger partial charge in [0.25, 0.3) is 5.88 Å². The second-order valence-electron chi connectivity index (χ2n) is 3.50. The standard InChI is InChI=1S/C13H11N3O2/c1-17-9-10-3-2-4-11(7-10)18-13-12(8-14)15-5-6-16-13/h2-7H,9H2,1H3. The molecule has 0 bridgehead atoms. The van der Waals surface area contributed by atoms with E-state index in [-0.39, 0.29) is 11.6 Å². The molecule has 0 spiro atoms. The van der Waals surface area contributed by atoms with Crippen molar-refractivity contribution in [3.05, 3.63) is 47.9 Å². The summed E-state index contributed by atoms with van der Waals surface area (Å²) in [6.45, 7) is 0.503. The first-order chi connectivity index (χ1) is 8.83. The molecule has 0 unspecified atom stereocenters. The first-order valence-corrected chi connectivity index (χ1v) is 5.30. The fraction of sp³-hybridized carbons (Fsp3) is 0.154. The van der Waals surface area contributed by atoms with Gasteiger partial charge in [0, 0.05) is 19.5 Å². The van der Waals surface area contributed by atoms with Crippen molar-refractivity contribution in [1.82, 2.24) is 9.97 Å². The average Bonchev–Trinajstić information content (AvgIpc) is 2.40. The third-order valence-corrected chi connectivity index (χ3v) is 2.19. The van der Waals surface area contributed by atoms with Crippen molar-refractivity contribution in [2.75, 3.05) is 7.11 Å². The molecule has 0 aliphatic carbocycles. The molecular weight excluding hydrogens is 230 g/mol. The van der Waals surface area contributed by atoms with Gasteiger partial charge in [-0.2, -0.15) is 5.26 Å². The Kier molecular flexibility index (Phi) is 3.84. The van der Waals surface area contributed by atoms with E-state index in [0.717, 1.165) is 5.56 Å². The maximum Gasteiger partial charge on any atom is 0.256 e. The number of benzene rings is 1. The molecule has 1 aromatic heterocycles. The molecule has 2 aromatic rings. The molecule has 0 saturated heterocycles. The zero-order valence-corrected chi connectivity index (χ0v) is 9.83. The second kappa shape index (κ2) is 5.75. The van der Waals surface area contributed by atoms with Crippen LogP contribution in [0.5, 0.6) is 11.6 Å². The molecule has 90 valence electrons. The summed E-state index contributed by atoms with van der Waals surface area (Å²) < 4.78 is 10.6. The molecule has 5 heteroatoms. The molecule has 0 radical (unpaired) electrons. The lowest BCUT2D eigenvalue weighted by Crippen LogP contribution is -1.95. The van der Waals surface area contributed by atoms with E-state index in [1.54, 1.807) is 13.2 Å². The topological polar surface area (TPSA) is 68.0 Å². The van der Waals surface area contributed by atoms with Crippen LogP contribution in [0.3, 0.4) is 0 Å². The van der Waals surface area contributed by atoms with Crippen LogP contribution in [0.25, 0.3) is 0 Å². The summed E-state index contributed by atoms with van der Waals surface area (Å²) in [5.74, 6) is 0.802. The molecule has 0 atom stereocenters. The summed E-state index contributed by atoms with van der Waals surface area (Å²) in [7, 11) is 1.63. The minimum Gasteiger partial charge on any atom is -0.436 e. The van der Waals surface area contributed by atoms with E-state index in [0.29, 0.717) is 12.4 Å². The Bertz CT molecular complexity index is 578. The van der Waals surface area contributed by atoms with E-state index in [2.05, 4.69) is 9.97 Å². The lowest BCUT2D eigenvalue weighted by atomic mass is 10.2.